The fourth-order valence-electron chi connectivity index (χ4n) is 5.68. The number of nitrogens with one attached hydrogen (secondary N) is 2. The molecule has 10 nitrogen and oxygen atoms in total. The van der Waals surface area contributed by atoms with Crippen LogP contribution in [0.25, 0.3) is 45.7 Å². The maximum Gasteiger partial charge on any atom is 0.274 e. The van der Waals surface area contributed by atoms with Crippen LogP contribution in [0.4, 0.5) is 11.4 Å². The van der Waals surface area contributed by atoms with Crippen molar-refractivity contribution in [3.8, 4) is 0 Å². The maximum atomic E-state index is 12.5. The summed E-state index contributed by atoms with van der Waals surface area (Å²) in [4.78, 5) is 43.8. The molecule has 0 saturated carbocycles. The standard InChI is InChI=1S/C36H28Cl2N6O4/c37-23-5-11-27-29(17-23)41-35(47)31(39-27)19-33(45)21-1-7-25(8-2-21)43-13-15-44(16-14-43)26-9-3-22(4-10-26)34(46)20-32-36(48)42-30-18-24(38)6-12-28(30)40-32/h1-12,17-20,45-46H,13-16H2,(H,41,47)(H,42,48). The van der Waals surface area contributed by atoms with Crippen molar-refractivity contribution in [2.24, 2.45) is 0 Å². The summed E-state index contributed by atoms with van der Waals surface area (Å²) in [5.74, 6) is -0.125. The largest absolute Gasteiger partial charge is 0.507 e. The smallest absolute Gasteiger partial charge is 0.274 e. The van der Waals surface area contributed by atoms with Gasteiger partial charge in [-0.1, -0.05) is 23.2 Å². The number of aromatic amines is 2. The first-order valence-electron chi connectivity index (χ1n) is 15.1. The molecular formula is C36H28Cl2N6O4. The van der Waals surface area contributed by atoms with Gasteiger partial charge in [0.1, 0.15) is 22.9 Å². The summed E-state index contributed by atoms with van der Waals surface area (Å²) in [6.07, 6.45) is 2.72. The highest BCUT2D eigenvalue weighted by Gasteiger charge is 2.18. The lowest BCUT2D eigenvalue weighted by atomic mass is 10.1. The van der Waals surface area contributed by atoms with E-state index in [1.54, 1.807) is 36.4 Å². The van der Waals surface area contributed by atoms with Crippen LogP contribution in [0.2, 0.25) is 10.0 Å². The van der Waals surface area contributed by atoms with Crippen LogP contribution in [0.3, 0.4) is 0 Å². The summed E-state index contributed by atoms with van der Waals surface area (Å²) >= 11 is 12.0. The van der Waals surface area contributed by atoms with Gasteiger partial charge in [-0.05, 0) is 84.9 Å². The zero-order valence-electron chi connectivity index (χ0n) is 25.3. The van der Waals surface area contributed by atoms with Crippen LogP contribution < -0.4 is 20.9 Å². The van der Waals surface area contributed by atoms with E-state index in [4.69, 9.17) is 23.2 Å². The molecule has 7 rings (SSSR count). The second-order valence-electron chi connectivity index (χ2n) is 11.4. The van der Waals surface area contributed by atoms with Crippen LogP contribution in [0, 0.1) is 0 Å². The number of hydrogen-bond acceptors (Lipinski definition) is 8. The highest BCUT2D eigenvalue weighted by Crippen LogP contribution is 2.25. The number of H-pyrrole nitrogens is 2. The first kappa shape index (κ1) is 31.0. The highest BCUT2D eigenvalue weighted by atomic mass is 35.5. The number of benzene rings is 4. The number of hydrogen-bond donors (Lipinski definition) is 4. The topological polar surface area (TPSA) is 138 Å². The van der Waals surface area contributed by atoms with Gasteiger partial charge in [0.2, 0.25) is 0 Å². The van der Waals surface area contributed by atoms with Crippen molar-refractivity contribution in [1.29, 1.82) is 0 Å². The van der Waals surface area contributed by atoms with E-state index in [-0.39, 0.29) is 22.9 Å². The fraction of sp³-hybridized carbons (Fsp3) is 0.111. The Kier molecular flexibility index (Phi) is 8.34. The molecule has 1 aliphatic heterocycles. The van der Waals surface area contributed by atoms with Crippen LogP contribution in [-0.2, 0) is 0 Å². The SMILES string of the molecule is O=c1[nH]c2cc(Cl)ccc2nc1C=C(O)c1ccc(N2CCN(c3ccc(C(O)=Cc4nc5ccc(Cl)cc5[nH]c4=O)cc3)CC2)cc1. The number of halogens is 2. The third-order valence-electron chi connectivity index (χ3n) is 8.24. The Labute approximate surface area is 283 Å². The first-order valence-corrected chi connectivity index (χ1v) is 15.9. The molecule has 4 aromatic carbocycles. The van der Waals surface area contributed by atoms with Crippen molar-refractivity contribution in [2.45, 2.75) is 0 Å². The predicted octanol–water partition coefficient (Wildman–Crippen LogP) is 6.91. The second kappa shape index (κ2) is 12.9. The highest BCUT2D eigenvalue weighted by molar-refractivity contribution is 6.31. The number of aromatic nitrogens is 4. The number of aliphatic hydroxyl groups excluding tert-OH is 2. The van der Waals surface area contributed by atoms with Crippen LogP contribution in [-0.4, -0.2) is 56.3 Å². The molecule has 0 radical (unpaired) electrons. The van der Waals surface area contributed by atoms with Crippen molar-refractivity contribution in [2.75, 3.05) is 36.0 Å². The molecule has 4 N–H and O–H groups in total. The molecule has 0 spiro atoms. The summed E-state index contributed by atoms with van der Waals surface area (Å²) in [5.41, 5.74) is 4.73. The fourth-order valence-corrected chi connectivity index (χ4v) is 6.02. The van der Waals surface area contributed by atoms with Gasteiger partial charge in [-0.3, -0.25) is 9.59 Å². The number of anilines is 2. The third kappa shape index (κ3) is 6.48. The van der Waals surface area contributed by atoms with Gasteiger partial charge >= 0.3 is 0 Å². The first-order chi connectivity index (χ1) is 23.2. The predicted molar refractivity (Wildman–Crippen MR) is 193 cm³/mol. The van der Waals surface area contributed by atoms with E-state index in [1.807, 2.05) is 48.5 Å². The molecule has 0 aliphatic carbocycles. The monoisotopic (exact) mass is 678 g/mol. The summed E-state index contributed by atoms with van der Waals surface area (Å²) in [6.45, 7) is 3.15. The van der Waals surface area contributed by atoms with E-state index in [1.165, 1.54) is 12.2 Å². The van der Waals surface area contributed by atoms with Crippen LogP contribution in [0.5, 0.6) is 0 Å². The minimum absolute atomic E-state index is 0.0623. The van der Waals surface area contributed by atoms with Crippen molar-refractivity contribution in [3.05, 3.63) is 138 Å². The minimum atomic E-state index is -0.421. The molecule has 2 aromatic heterocycles. The summed E-state index contributed by atoms with van der Waals surface area (Å²) < 4.78 is 0. The van der Waals surface area contributed by atoms with Crippen LogP contribution >= 0.6 is 23.2 Å². The number of piperazine rings is 1. The third-order valence-corrected chi connectivity index (χ3v) is 8.71. The second-order valence-corrected chi connectivity index (χ2v) is 12.2. The molecular weight excluding hydrogens is 651 g/mol. The quantitative estimate of drug-likeness (QED) is 0.140. The molecule has 12 heteroatoms. The van der Waals surface area contributed by atoms with E-state index in [0.29, 0.717) is 43.2 Å². The van der Waals surface area contributed by atoms with Crippen LogP contribution in [0.15, 0.2) is 94.5 Å². The molecule has 48 heavy (non-hydrogen) atoms. The Hall–Kier alpha value is -5.58. The molecule has 240 valence electrons. The molecule has 3 heterocycles. The van der Waals surface area contributed by atoms with E-state index < -0.39 is 11.1 Å². The van der Waals surface area contributed by atoms with Gasteiger partial charge in [-0.25, -0.2) is 9.97 Å². The van der Waals surface area contributed by atoms with Gasteiger partial charge in [-0.2, -0.15) is 0 Å². The van der Waals surface area contributed by atoms with Crippen molar-refractivity contribution < 1.29 is 10.2 Å². The normalized spacial score (nSPS) is 14.2. The van der Waals surface area contributed by atoms with Gasteiger partial charge < -0.3 is 30.0 Å². The minimum Gasteiger partial charge on any atom is -0.507 e. The van der Waals surface area contributed by atoms with Gasteiger partial charge in [-0.15, -0.1) is 0 Å². The number of rotatable bonds is 6. The molecule has 0 amide bonds. The van der Waals surface area contributed by atoms with E-state index in [9.17, 15) is 19.8 Å². The molecule has 0 bridgehead atoms. The lowest BCUT2D eigenvalue weighted by Crippen LogP contribution is -2.46. The van der Waals surface area contributed by atoms with E-state index in [0.717, 1.165) is 37.6 Å². The lowest BCUT2D eigenvalue weighted by Gasteiger charge is -2.37. The lowest BCUT2D eigenvalue weighted by molar-refractivity contribution is 0.514. The molecule has 6 aromatic rings. The van der Waals surface area contributed by atoms with E-state index >= 15 is 0 Å². The zero-order chi connectivity index (χ0) is 33.4. The molecule has 0 atom stereocenters. The summed E-state index contributed by atoms with van der Waals surface area (Å²) in [5, 5.41) is 22.5. The molecule has 1 saturated heterocycles. The average Bonchev–Trinajstić information content (AvgIpc) is 3.09. The Morgan fingerprint density at radius 3 is 1.35 bits per heavy atom. The Bertz CT molecular complexity index is 2180. The Morgan fingerprint density at radius 1 is 0.604 bits per heavy atom. The molecule has 0 unspecified atom stereocenters. The van der Waals surface area contributed by atoms with Crippen molar-refractivity contribution in [3.63, 3.8) is 0 Å². The number of fused-ring (bicyclic) bond motifs is 2. The summed E-state index contributed by atoms with van der Waals surface area (Å²) in [7, 11) is 0. The van der Waals surface area contributed by atoms with Crippen molar-refractivity contribution in [1.82, 2.24) is 19.9 Å². The van der Waals surface area contributed by atoms with Gasteiger partial charge in [0, 0.05) is 70.9 Å². The number of nitrogens with zero attached hydrogens (tertiary/aromatic N) is 4. The maximum absolute atomic E-state index is 12.5. The van der Waals surface area contributed by atoms with Gasteiger partial charge in [0.05, 0.1) is 22.1 Å². The van der Waals surface area contributed by atoms with Gasteiger partial charge in [0.25, 0.3) is 11.1 Å². The summed E-state index contributed by atoms with van der Waals surface area (Å²) in [6, 6.07) is 25.1. The number of aliphatic hydroxyl groups is 2. The average molecular weight is 680 g/mol. The zero-order valence-corrected chi connectivity index (χ0v) is 26.8. The Balaban J connectivity index is 0.985. The van der Waals surface area contributed by atoms with Crippen LogP contribution in [0.1, 0.15) is 22.5 Å². The van der Waals surface area contributed by atoms with E-state index in [2.05, 4.69) is 29.7 Å². The van der Waals surface area contributed by atoms with Crippen molar-refractivity contribution >= 4 is 80.3 Å². The molecule has 1 fully saturated rings. The molecule has 1 aliphatic rings. The Morgan fingerprint density at radius 2 is 0.979 bits per heavy atom. The van der Waals surface area contributed by atoms with Gasteiger partial charge in [0.15, 0.2) is 0 Å².